The summed E-state index contributed by atoms with van der Waals surface area (Å²) in [5.74, 6) is -2.62. The second-order valence-electron chi connectivity index (χ2n) is 6.55. The second-order valence-corrected chi connectivity index (χ2v) is 7.75. The van der Waals surface area contributed by atoms with Gasteiger partial charge in [-0.1, -0.05) is 12.1 Å². The first-order chi connectivity index (χ1) is 13.3. The molecule has 2 atom stereocenters. The lowest BCUT2D eigenvalue weighted by Gasteiger charge is -2.56. The van der Waals surface area contributed by atoms with Crippen LogP contribution in [0.3, 0.4) is 0 Å². The number of benzene rings is 1. The molecule has 8 nitrogen and oxygen atoms in total. The summed E-state index contributed by atoms with van der Waals surface area (Å²) in [6.45, 7) is 3.07. The molecule has 0 saturated carbocycles. The minimum Gasteiger partial charge on any atom is -0.464 e. The number of carbonyl (C=O) groups excluding carboxylic acids is 5. The highest BCUT2D eigenvalue weighted by atomic mass is 32.2. The monoisotopic (exact) mass is 400 g/mol. The van der Waals surface area contributed by atoms with Gasteiger partial charge in [0.05, 0.1) is 17.7 Å². The minimum absolute atomic E-state index is 0.0707. The number of nitrogens with zero attached hydrogens (tertiary/aromatic N) is 2. The van der Waals surface area contributed by atoms with Crippen molar-refractivity contribution < 1.29 is 28.7 Å². The Morgan fingerprint density at radius 3 is 2.32 bits per heavy atom. The molecule has 0 spiro atoms. The maximum Gasteiger partial charge on any atom is 0.345 e. The van der Waals surface area contributed by atoms with Crippen LogP contribution >= 0.6 is 11.8 Å². The first kappa shape index (κ1) is 18.4. The number of ketones is 1. The Labute approximate surface area is 164 Å². The van der Waals surface area contributed by atoms with E-state index in [2.05, 4.69) is 0 Å². The summed E-state index contributed by atoms with van der Waals surface area (Å²) in [6.07, 6.45) is 1.33. The van der Waals surface area contributed by atoms with E-state index in [1.807, 2.05) is 0 Å². The molecule has 4 rings (SSSR count). The zero-order chi connectivity index (χ0) is 20.2. The van der Waals surface area contributed by atoms with Crippen LogP contribution in [0.5, 0.6) is 0 Å². The first-order valence-corrected chi connectivity index (χ1v) is 9.66. The van der Waals surface area contributed by atoms with E-state index < -0.39 is 34.6 Å². The van der Waals surface area contributed by atoms with Crippen LogP contribution in [0.1, 0.15) is 34.6 Å². The van der Waals surface area contributed by atoms with Gasteiger partial charge < -0.3 is 4.74 Å². The number of rotatable bonds is 4. The fraction of sp³-hybridized carbons (Fsp3) is 0.316. The summed E-state index contributed by atoms with van der Waals surface area (Å²) in [7, 11) is 0. The molecule has 0 radical (unpaired) electrons. The van der Waals surface area contributed by atoms with E-state index in [1.54, 1.807) is 19.1 Å². The molecule has 9 heteroatoms. The Balaban J connectivity index is 1.79. The quantitative estimate of drug-likeness (QED) is 0.422. The summed E-state index contributed by atoms with van der Waals surface area (Å²) >= 11 is 1.02. The molecule has 28 heavy (non-hydrogen) atoms. The van der Waals surface area contributed by atoms with E-state index in [0.29, 0.717) is 5.57 Å². The van der Waals surface area contributed by atoms with E-state index in [-0.39, 0.29) is 29.3 Å². The predicted octanol–water partition coefficient (Wildman–Crippen LogP) is 0.972. The average Bonchev–Trinajstić information content (AvgIpc) is 2.92. The van der Waals surface area contributed by atoms with Crippen molar-refractivity contribution in [2.24, 2.45) is 0 Å². The molecule has 1 aromatic carbocycles. The Hall–Kier alpha value is -2.94. The summed E-state index contributed by atoms with van der Waals surface area (Å²) in [5, 5.41) is 0. The summed E-state index contributed by atoms with van der Waals surface area (Å²) < 4.78 is 5.17. The molecule has 2 unspecified atom stereocenters. The largest absolute Gasteiger partial charge is 0.464 e. The third-order valence-electron chi connectivity index (χ3n) is 5.04. The number of ether oxygens (including phenoxy) is 1. The number of carbonyl (C=O) groups is 5. The number of hydrogen-bond donors (Lipinski definition) is 0. The number of fused-ring (bicyclic) bond motifs is 2. The Bertz CT molecular complexity index is 951. The highest BCUT2D eigenvalue weighted by Gasteiger charge is 2.72. The Kier molecular flexibility index (Phi) is 4.15. The Morgan fingerprint density at radius 2 is 1.79 bits per heavy atom. The number of hydrogen-bond acceptors (Lipinski definition) is 7. The molecule has 144 valence electrons. The van der Waals surface area contributed by atoms with Gasteiger partial charge in [0.25, 0.3) is 17.7 Å². The van der Waals surface area contributed by atoms with Crippen molar-refractivity contribution in [2.75, 3.05) is 12.4 Å². The Morgan fingerprint density at radius 1 is 1.18 bits per heavy atom. The first-order valence-electron chi connectivity index (χ1n) is 8.67. The number of imide groups is 1. The van der Waals surface area contributed by atoms with Crippen LogP contribution in [-0.4, -0.2) is 62.5 Å². The van der Waals surface area contributed by atoms with Gasteiger partial charge in [0, 0.05) is 17.5 Å². The van der Waals surface area contributed by atoms with Gasteiger partial charge in [-0.05, 0) is 26.0 Å². The van der Waals surface area contributed by atoms with Crippen molar-refractivity contribution in [1.29, 1.82) is 0 Å². The minimum atomic E-state index is -1.58. The SMILES string of the molecule is CCOC(=O)C12SCC(C(C)=O)=CN1C(=O)C2N1C(=O)c2ccccc2C1=O. The highest BCUT2D eigenvalue weighted by molar-refractivity contribution is 8.01. The van der Waals surface area contributed by atoms with Crippen molar-refractivity contribution in [3.05, 3.63) is 47.2 Å². The topological polar surface area (TPSA) is 101 Å². The molecule has 1 saturated heterocycles. The van der Waals surface area contributed by atoms with Gasteiger partial charge in [-0.2, -0.15) is 0 Å². The van der Waals surface area contributed by atoms with E-state index in [1.165, 1.54) is 25.3 Å². The fourth-order valence-corrected chi connectivity index (χ4v) is 5.12. The van der Waals surface area contributed by atoms with Gasteiger partial charge in [0.15, 0.2) is 11.8 Å². The highest BCUT2D eigenvalue weighted by Crippen LogP contribution is 2.51. The lowest BCUT2D eigenvalue weighted by atomic mass is 9.91. The van der Waals surface area contributed by atoms with Crippen LogP contribution < -0.4 is 0 Å². The van der Waals surface area contributed by atoms with Gasteiger partial charge in [-0.25, -0.2) is 4.79 Å². The van der Waals surface area contributed by atoms with Gasteiger partial charge in [0.1, 0.15) is 0 Å². The van der Waals surface area contributed by atoms with Crippen molar-refractivity contribution in [1.82, 2.24) is 9.80 Å². The normalized spacial score (nSPS) is 25.7. The zero-order valence-electron chi connectivity index (χ0n) is 15.1. The number of esters is 1. The van der Waals surface area contributed by atoms with Gasteiger partial charge in [-0.3, -0.25) is 29.0 Å². The van der Waals surface area contributed by atoms with Crippen LogP contribution in [-0.2, 0) is 19.1 Å². The molecule has 3 heterocycles. The molecule has 3 aliphatic rings. The third kappa shape index (κ3) is 2.22. The van der Waals surface area contributed by atoms with Crippen molar-refractivity contribution >= 4 is 41.2 Å². The van der Waals surface area contributed by atoms with Crippen LogP contribution in [0.4, 0.5) is 0 Å². The summed E-state index contributed by atoms with van der Waals surface area (Å²) in [5.41, 5.74) is 0.760. The maximum absolute atomic E-state index is 12.9. The van der Waals surface area contributed by atoms with Crippen LogP contribution in [0.2, 0.25) is 0 Å². The standard InChI is InChI=1S/C19H16N2O6S/c1-3-27-18(26)19-14(17(25)20(19)8-11(9-28-19)10(2)22)21-15(23)12-6-4-5-7-13(12)16(21)24/h4-8,14H,3,9H2,1-2H3. The van der Waals surface area contributed by atoms with Gasteiger partial charge >= 0.3 is 5.97 Å². The molecule has 0 bridgehead atoms. The van der Waals surface area contributed by atoms with Gasteiger partial charge in [0.2, 0.25) is 4.87 Å². The van der Waals surface area contributed by atoms with Crippen molar-refractivity contribution in [3.63, 3.8) is 0 Å². The third-order valence-corrected chi connectivity index (χ3v) is 6.52. The average molecular weight is 400 g/mol. The lowest BCUT2D eigenvalue weighted by molar-refractivity contribution is -0.173. The van der Waals surface area contributed by atoms with Gasteiger partial charge in [-0.15, -0.1) is 11.8 Å². The maximum atomic E-state index is 12.9. The van der Waals surface area contributed by atoms with Crippen LogP contribution in [0.15, 0.2) is 36.0 Å². The zero-order valence-corrected chi connectivity index (χ0v) is 15.9. The van der Waals surface area contributed by atoms with E-state index in [9.17, 15) is 24.0 Å². The number of Topliss-reactive ketones (excluding diaryl/α,β-unsaturated/α-hetero) is 1. The molecular weight excluding hydrogens is 384 g/mol. The molecular formula is C19H16N2O6S. The van der Waals surface area contributed by atoms with E-state index in [0.717, 1.165) is 21.6 Å². The fourth-order valence-electron chi connectivity index (χ4n) is 3.64. The van der Waals surface area contributed by atoms with Crippen LogP contribution in [0.25, 0.3) is 0 Å². The summed E-state index contributed by atoms with van der Waals surface area (Å²) in [4.78, 5) is 63.6. The van der Waals surface area contributed by atoms with E-state index in [4.69, 9.17) is 4.74 Å². The molecule has 3 aliphatic heterocycles. The molecule has 0 aromatic heterocycles. The number of β-lactam (4-membered cyclic amide) rings is 1. The predicted molar refractivity (Wildman–Crippen MR) is 98.2 cm³/mol. The summed E-state index contributed by atoms with van der Waals surface area (Å²) in [6, 6.07) is 4.94. The van der Waals surface area contributed by atoms with Crippen molar-refractivity contribution in [3.8, 4) is 0 Å². The van der Waals surface area contributed by atoms with Crippen LogP contribution in [0, 0.1) is 0 Å². The molecule has 1 fully saturated rings. The van der Waals surface area contributed by atoms with Crippen molar-refractivity contribution in [2.45, 2.75) is 24.8 Å². The molecule has 3 amide bonds. The lowest BCUT2D eigenvalue weighted by Crippen LogP contribution is -2.80. The molecule has 0 aliphatic carbocycles. The molecule has 1 aromatic rings. The number of amides is 3. The van der Waals surface area contributed by atoms with E-state index >= 15 is 0 Å². The number of thioether (sulfide) groups is 1. The smallest absolute Gasteiger partial charge is 0.345 e. The second kappa shape index (κ2) is 6.30. The molecule has 0 N–H and O–H groups in total.